The van der Waals surface area contributed by atoms with Crippen molar-refractivity contribution in [3.8, 4) is 11.5 Å². The minimum atomic E-state index is 0.313. The third-order valence-electron chi connectivity index (χ3n) is 2.25. The zero-order valence-electron chi connectivity index (χ0n) is 9.75. The van der Waals surface area contributed by atoms with Gasteiger partial charge in [0.1, 0.15) is 28.1 Å². The number of aromatic nitrogens is 1. The van der Waals surface area contributed by atoms with Gasteiger partial charge in [0.15, 0.2) is 0 Å². The molecule has 2 N–H and O–H groups in total. The highest BCUT2D eigenvalue weighted by Gasteiger charge is 2.05. The van der Waals surface area contributed by atoms with E-state index >= 15 is 0 Å². The van der Waals surface area contributed by atoms with Gasteiger partial charge in [-0.3, -0.25) is 0 Å². The molecule has 0 unspecified atom stereocenters. The molecule has 6 heteroatoms. The highest BCUT2D eigenvalue weighted by atomic mass is 32.1. The first-order chi connectivity index (χ1) is 8.69. The van der Waals surface area contributed by atoms with Gasteiger partial charge in [-0.2, -0.15) is 0 Å². The molecule has 4 nitrogen and oxygen atoms in total. The van der Waals surface area contributed by atoms with Gasteiger partial charge in [0.2, 0.25) is 0 Å². The maximum absolute atomic E-state index is 5.64. The lowest BCUT2D eigenvalue weighted by atomic mass is 10.2. The summed E-state index contributed by atoms with van der Waals surface area (Å²) >= 11 is 6.49. The number of thiocarbonyl (C=S) groups is 1. The number of hydrogen-bond donors (Lipinski definition) is 1. The highest BCUT2D eigenvalue weighted by molar-refractivity contribution is 7.80. The summed E-state index contributed by atoms with van der Waals surface area (Å²) in [4.78, 5) is 4.46. The molecule has 0 spiro atoms. The van der Waals surface area contributed by atoms with Crippen LogP contribution < -0.4 is 15.2 Å². The summed E-state index contributed by atoms with van der Waals surface area (Å²) in [6.45, 7) is 0.418. The van der Waals surface area contributed by atoms with E-state index in [0.717, 1.165) is 10.6 Å². The molecule has 0 aliphatic heterocycles. The van der Waals surface area contributed by atoms with E-state index in [1.165, 1.54) is 0 Å². The number of thiazole rings is 1. The van der Waals surface area contributed by atoms with Gasteiger partial charge in [0, 0.05) is 23.2 Å². The maximum atomic E-state index is 5.64. The molecule has 1 heterocycles. The van der Waals surface area contributed by atoms with Gasteiger partial charge in [0.05, 0.1) is 7.11 Å². The lowest BCUT2D eigenvalue weighted by Gasteiger charge is -2.09. The Balaban J connectivity index is 2.16. The molecule has 2 aromatic rings. The highest BCUT2D eigenvalue weighted by Crippen LogP contribution is 2.23. The molecule has 0 fully saturated rings. The molecule has 0 atom stereocenters. The van der Waals surface area contributed by atoms with Crippen molar-refractivity contribution in [3.63, 3.8) is 0 Å². The lowest BCUT2D eigenvalue weighted by molar-refractivity contribution is 0.303. The van der Waals surface area contributed by atoms with Gasteiger partial charge < -0.3 is 15.2 Å². The van der Waals surface area contributed by atoms with E-state index < -0.39 is 0 Å². The zero-order valence-corrected chi connectivity index (χ0v) is 11.4. The third-order valence-corrected chi connectivity index (χ3v) is 3.23. The number of nitrogens with two attached hydrogens (primary N) is 1. The second kappa shape index (κ2) is 5.79. The Hall–Kier alpha value is -1.66. The molecule has 0 saturated heterocycles. The molecule has 0 amide bonds. The summed E-state index contributed by atoms with van der Waals surface area (Å²) in [5.41, 5.74) is 6.33. The van der Waals surface area contributed by atoms with E-state index in [9.17, 15) is 0 Å². The minimum absolute atomic E-state index is 0.313. The standard InChI is InChI=1S/C12H12N2O2S2/c1-15-9-4-8(12(13)17)5-10(6-9)16-7-11-14-2-3-18-11/h2-6H,7H2,1H3,(H2,13,17). The largest absolute Gasteiger partial charge is 0.497 e. The van der Waals surface area contributed by atoms with Crippen LogP contribution in [-0.2, 0) is 6.61 Å². The monoisotopic (exact) mass is 280 g/mol. The first-order valence-corrected chi connectivity index (χ1v) is 6.48. The Morgan fingerprint density at radius 3 is 2.78 bits per heavy atom. The summed E-state index contributed by atoms with van der Waals surface area (Å²) in [7, 11) is 1.59. The van der Waals surface area contributed by atoms with Crippen LogP contribution in [0.4, 0.5) is 0 Å². The number of ether oxygens (including phenoxy) is 2. The summed E-state index contributed by atoms with van der Waals surface area (Å²) in [6.07, 6.45) is 1.75. The maximum Gasteiger partial charge on any atom is 0.140 e. The first-order valence-electron chi connectivity index (χ1n) is 5.19. The van der Waals surface area contributed by atoms with Crippen LogP contribution in [0.1, 0.15) is 10.6 Å². The van der Waals surface area contributed by atoms with Gasteiger partial charge in [-0.1, -0.05) is 12.2 Å². The van der Waals surface area contributed by atoms with Gasteiger partial charge >= 0.3 is 0 Å². The number of nitrogens with zero attached hydrogens (tertiary/aromatic N) is 1. The van der Waals surface area contributed by atoms with Gasteiger partial charge in [-0.25, -0.2) is 4.98 Å². The average Bonchev–Trinajstić information content (AvgIpc) is 2.89. The summed E-state index contributed by atoms with van der Waals surface area (Å²) in [5, 5.41) is 2.82. The molecule has 0 aliphatic rings. The van der Waals surface area contributed by atoms with Crippen molar-refractivity contribution in [1.29, 1.82) is 0 Å². The van der Waals surface area contributed by atoms with Crippen LogP contribution in [-0.4, -0.2) is 17.1 Å². The summed E-state index contributed by atoms with van der Waals surface area (Å²) in [6, 6.07) is 5.35. The number of methoxy groups -OCH3 is 1. The minimum Gasteiger partial charge on any atom is -0.497 e. The van der Waals surface area contributed by atoms with Crippen molar-refractivity contribution in [3.05, 3.63) is 40.3 Å². The van der Waals surface area contributed by atoms with E-state index in [1.807, 2.05) is 5.38 Å². The predicted octanol–water partition coefficient (Wildman–Crippen LogP) is 2.36. The Morgan fingerprint density at radius 1 is 1.39 bits per heavy atom. The van der Waals surface area contributed by atoms with Gasteiger partial charge in [0.25, 0.3) is 0 Å². The lowest BCUT2D eigenvalue weighted by Crippen LogP contribution is -2.09. The Labute approximate surface area is 114 Å². The number of benzene rings is 1. The summed E-state index contributed by atoms with van der Waals surface area (Å²) < 4.78 is 10.8. The molecule has 0 aliphatic carbocycles. The quantitative estimate of drug-likeness (QED) is 0.852. The fraction of sp³-hybridized carbons (Fsp3) is 0.167. The molecule has 1 aromatic carbocycles. The molecule has 0 saturated carbocycles. The van der Waals surface area contributed by atoms with Crippen LogP contribution in [0.15, 0.2) is 29.8 Å². The second-order valence-corrected chi connectivity index (χ2v) is 4.89. The SMILES string of the molecule is COc1cc(OCc2nccs2)cc(C(N)=S)c1. The van der Waals surface area contributed by atoms with Crippen molar-refractivity contribution in [2.45, 2.75) is 6.61 Å². The average molecular weight is 280 g/mol. The van der Waals surface area contributed by atoms with Crippen LogP contribution in [0.2, 0.25) is 0 Å². The van der Waals surface area contributed by atoms with Crippen LogP contribution in [0.3, 0.4) is 0 Å². The normalized spacial score (nSPS) is 10.1. The van der Waals surface area contributed by atoms with E-state index in [4.69, 9.17) is 27.4 Å². The molecule has 18 heavy (non-hydrogen) atoms. The number of hydrogen-bond acceptors (Lipinski definition) is 5. The van der Waals surface area contributed by atoms with Gasteiger partial charge in [-0.05, 0) is 12.1 Å². The topological polar surface area (TPSA) is 57.4 Å². The summed E-state index contributed by atoms with van der Waals surface area (Å²) in [5.74, 6) is 1.32. The van der Waals surface area contributed by atoms with Crippen molar-refractivity contribution in [2.24, 2.45) is 5.73 Å². The Morgan fingerprint density at radius 2 is 2.17 bits per heavy atom. The fourth-order valence-corrected chi connectivity index (χ4v) is 2.03. The molecular formula is C12H12N2O2S2. The van der Waals surface area contributed by atoms with Crippen molar-refractivity contribution in [2.75, 3.05) is 7.11 Å². The van der Waals surface area contributed by atoms with Crippen LogP contribution >= 0.6 is 23.6 Å². The molecule has 1 aromatic heterocycles. The molecule has 94 valence electrons. The Kier molecular flexibility index (Phi) is 4.11. The molecule has 2 rings (SSSR count). The van der Waals surface area contributed by atoms with Crippen LogP contribution in [0, 0.1) is 0 Å². The van der Waals surface area contributed by atoms with Crippen molar-refractivity contribution in [1.82, 2.24) is 4.98 Å². The Bertz CT molecular complexity index is 541. The molecule has 0 radical (unpaired) electrons. The molecular weight excluding hydrogens is 268 g/mol. The van der Waals surface area contributed by atoms with Crippen LogP contribution in [0.25, 0.3) is 0 Å². The predicted molar refractivity (Wildman–Crippen MR) is 75.3 cm³/mol. The van der Waals surface area contributed by atoms with E-state index in [0.29, 0.717) is 23.1 Å². The van der Waals surface area contributed by atoms with Crippen molar-refractivity contribution < 1.29 is 9.47 Å². The number of rotatable bonds is 5. The zero-order chi connectivity index (χ0) is 13.0. The second-order valence-electron chi connectivity index (χ2n) is 3.48. The van der Waals surface area contributed by atoms with Gasteiger partial charge in [-0.15, -0.1) is 11.3 Å². The van der Waals surface area contributed by atoms with E-state index in [1.54, 1.807) is 42.8 Å². The van der Waals surface area contributed by atoms with Crippen molar-refractivity contribution >= 4 is 28.5 Å². The first kappa shape index (κ1) is 12.8. The fourth-order valence-electron chi connectivity index (χ4n) is 1.38. The van der Waals surface area contributed by atoms with E-state index in [-0.39, 0.29) is 0 Å². The van der Waals surface area contributed by atoms with E-state index in [2.05, 4.69) is 4.98 Å². The van der Waals surface area contributed by atoms with Crippen LogP contribution in [0.5, 0.6) is 11.5 Å². The molecule has 0 bridgehead atoms. The third kappa shape index (κ3) is 3.18. The smallest absolute Gasteiger partial charge is 0.140 e.